The summed E-state index contributed by atoms with van der Waals surface area (Å²) in [6, 6.07) is 6.95. The van der Waals surface area contributed by atoms with Crippen LogP contribution in [-0.2, 0) is 0 Å². The molecule has 1 aromatic heterocycles. The Balaban J connectivity index is 2.13. The molecule has 0 unspecified atom stereocenters. The number of nitrogens with one attached hydrogen (secondary N) is 1. The predicted molar refractivity (Wildman–Crippen MR) is 79.5 cm³/mol. The van der Waals surface area contributed by atoms with Crippen molar-refractivity contribution in [1.82, 2.24) is 4.98 Å². The maximum atomic E-state index is 13.2. The Morgan fingerprint density at radius 3 is 2.81 bits per heavy atom. The summed E-state index contributed by atoms with van der Waals surface area (Å²) in [5.74, 6) is 4.49. The zero-order valence-corrected chi connectivity index (χ0v) is 11.6. The molecule has 0 spiro atoms. The smallest absolute Gasteiger partial charge is 0.274 e. The second-order valence-electron chi connectivity index (χ2n) is 4.05. The van der Waals surface area contributed by atoms with Crippen LogP contribution in [0.1, 0.15) is 16.1 Å². The summed E-state index contributed by atoms with van der Waals surface area (Å²) >= 11 is 5.72. The van der Waals surface area contributed by atoms with Crippen LogP contribution in [0.3, 0.4) is 0 Å². The molecule has 6 heteroatoms. The molecule has 106 valence electrons. The number of carbonyl (C=O) groups excluding carboxylic acids is 1. The number of nitrogens with zero attached hydrogens (tertiary/aromatic N) is 1. The molecule has 0 atom stereocenters. The van der Waals surface area contributed by atoms with Crippen molar-refractivity contribution in [2.75, 3.05) is 11.9 Å². The van der Waals surface area contributed by atoms with Gasteiger partial charge in [0.05, 0.1) is 6.54 Å². The number of hydrogen-bond donors (Lipinski definition) is 2. The van der Waals surface area contributed by atoms with E-state index in [1.54, 1.807) is 6.07 Å². The number of rotatable bonds is 2. The number of carbonyl (C=O) groups is 1. The van der Waals surface area contributed by atoms with Crippen LogP contribution in [0.15, 0.2) is 36.5 Å². The van der Waals surface area contributed by atoms with Gasteiger partial charge in [0.1, 0.15) is 11.5 Å². The Labute approximate surface area is 126 Å². The average molecular weight is 304 g/mol. The molecule has 0 saturated heterocycles. The summed E-state index contributed by atoms with van der Waals surface area (Å²) in [5, 5.41) is 2.72. The average Bonchev–Trinajstić information content (AvgIpc) is 2.44. The minimum Gasteiger partial charge on any atom is -0.320 e. The van der Waals surface area contributed by atoms with Crippen LogP contribution in [0.25, 0.3) is 0 Å². The van der Waals surface area contributed by atoms with Crippen LogP contribution in [0.2, 0.25) is 5.02 Å². The zero-order valence-electron chi connectivity index (χ0n) is 10.9. The molecule has 0 aliphatic heterocycles. The molecule has 3 N–H and O–H groups in total. The lowest BCUT2D eigenvalue weighted by molar-refractivity contribution is 0.102. The summed E-state index contributed by atoms with van der Waals surface area (Å²) in [6.07, 6.45) is 1.47. The highest BCUT2D eigenvalue weighted by molar-refractivity contribution is 6.31. The molecule has 0 aliphatic carbocycles. The highest BCUT2D eigenvalue weighted by atomic mass is 35.5. The Kier molecular flexibility index (Phi) is 4.88. The lowest BCUT2D eigenvalue weighted by Gasteiger charge is -2.05. The number of halogens is 2. The maximum absolute atomic E-state index is 13.2. The van der Waals surface area contributed by atoms with E-state index in [1.807, 2.05) is 0 Å². The fourth-order valence-electron chi connectivity index (χ4n) is 1.58. The van der Waals surface area contributed by atoms with Gasteiger partial charge in [-0.3, -0.25) is 4.79 Å². The third-order valence-corrected chi connectivity index (χ3v) is 2.67. The molecule has 0 radical (unpaired) electrons. The summed E-state index contributed by atoms with van der Waals surface area (Å²) in [7, 11) is 0. The number of anilines is 1. The number of pyridine rings is 1. The Morgan fingerprint density at radius 1 is 1.38 bits per heavy atom. The van der Waals surface area contributed by atoms with E-state index in [0.29, 0.717) is 5.56 Å². The van der Waals surface area contributed by atoms with Gasteiger partial charge in [0.2, 0.25) is 0 Å². The molecule has 1 heterocycles. The monoisotopic (exact) mass is 303 g/mol. The first-order valence-electron chi connectivity index (χ1n) is 6.01. The van der Waals surface area contributed by atoms with Gasteiger partial charge in [0, 0.05) is 22.5 Å². The standard InChI is InChI=1S/C15H11ClFN3O/c16-11-6-12(17)8-13(7-11)20-15(21)14-4-3-10(9-19-14)2-1-5-18/h3-4,6-9H,5,18H2,(H,20,21). The number of hydrogen-bond acceptors (Lipinski definition) is 3. The molecular weight excluding hydrogens is 293 g/mol. The predicted octanol–water partition coefficient (Wildman–Crippen LogP) is 2.44. The minimum atomic E-state index is -0.529. The van der Waals surface area contributed by atoms with E-state index in [2.05, 4.69) is 22.1 Å². The van der Waals surface area contributed by atoms with Crippen molar-refractivity contribution in [3.63, 3.8) is 0 Å². The highest BCUT2D eigenvalue weighted by Gasteiger charge is 2.08. The van der Waals surface area contributed by atoms with Crippen LogP contribution >= 0.6 is 11.6 Å². The second kappa shape index (κ2) is 6.84. The largest absolute Gasteiger partial charge is 0.320 e. The molecule has 2 aromatic rings. The summed E-state index contributed by atoms with van der Waals surface area (Å²) in [6.45, 7) is 0.253. The van der Waals surface area contributed by atoms with Crippen LogP contribution in [0.5, 0.6) is 0 Å². The first kappa shape index (κ1) is 15.0. The van der Waals surface area contributed by atoms with Gasteiger partial charge in [0.25, 0.3) is 5.91 Å². The molecule has 0 saturated carbocycles. The van der Waals surface area contributed by atoms with Crippen molar-refractivity contribution in [2.45, 2.75) is 0 Å². The minimum absolute atomic E-state index is 0.189. The molecule has 2 rings (SSSR count). The highest BCUT2D eigenvalue weighted by Crippen LogP contribution is 2.18. The Morgan fingerprint density at radius 2 is 2.19 bits per heavy atom. The van der Waals surface area contributed by atoms with Gasteiger partial charge < -0.3 is 11.1 Å². The van der Waals surface area contributed by atoms with Gasteiger partial charge in [-0.2, -0.15) is 0 Å². The molecule has 0 aliphatic rings. The first-order chi connectivity index (χ1) is 10.1. The summed E-state index contributed by atoms with van der Waals surface area (Å²) in [4.78, 5) is 16.0. The normalized spacial score (nSPS) is 9.67. The topological polar surface area (TPSA) is 68.0 Å². The van der Waals surface area contributed by atoms with E-state index in [1.165, 1.54) is 24.4 Å². The van der Waals surface area contributed by atoms with Crippen molar-refractivity contribution < 1.29 is 9.18 Å². The third kappa shape index (κ3) is 4.28. The summed E-state index contributed by atoms with van der Waals surface area (Å²) < 4.78 is 13.2. The second-order valence-corrected chi connectivity index (χ2v) is 4.49. The lowest BCUT2D eigenvalue weighted by Crippen LogP contribution is -2.13. The fourth-order valence-corrected chi connectivity index (χ4v) is 1.80. The van der Waals surface area contributed by atoms with Crippen LogP contribution < -0.4 is 11.1 Å². The van der Waals surface area contributed by atoms with Gasteiger partial charge in [-0.15, -0.1) is 0 Å². The maximum Gasteiger partial charge on any atom is 0.274 e. The van der Waals surface area contributed by atoms with E-state index in [-0.39, 0.29) is 22.9 Å². The van der Waals surface area contributed by atoms with Crippen LogP contribution in [0.4, 0.5) is 10.1 Å². The molecule has 4 nitrogen and oxygen atoms in total. The quantitative estimate of drug-likeness (QED) is 0.837. The lowest BCUT2D eigenvalue weighted by atomic mass is 10.2. The van der Waals surface area contributed by atoms with Gasteiger partial charge in [-0.1, -0.05) is 23.4 Å². The fraction of sp³-hybridized carbons (Fsp3) is 0.0667. The van der Waals surface area contributed by atoms with E-state index in [4.69, 9.17) is 17.3 Å². The van der Waals surface area contributed by atoms with Crippen molar-refractivity contribution in [3.8, 4) is 11.8 Å². The van der Waals surface area contributed by atoms with Gasteiger partial charge in [-0.05, 0) is 30.3 Å². The van der Waals surface area contributed by atoms with Crippen LogP contribution in [0, 0.1) is 17.7 Å². The van der Waals surface area contributed by atoms with Crippen molar-refractivity contribution in [2.24, 2.45) is 5.73 Å². The van der Waals surface area contributed by atoms with Gasteiger partial charge >= 0.3 is 0 Å². The number of nitrogens with two attached hydrogens (primary N) is 1. The van der Waals surface area contributed by atoms with Crippen molar-refractivity contribution in [3.05, 3.63) is 58.6 Å². The van der Waals surface area contributed by atoms with E-state index in [0.717, 1.165) is 6.07 Å². The molecule has 21 heavy (non-hydrogen) atoms. The molecular formula is C15H11ClFN3O. The Hall–Kier alpha value is -2.42. The van der Waals surface area contributed by atoms with Gasteiger partial charge in [-0.25, -0.2) is 9.37 Å². The number of benzene rings is 1. The summed E-state index contributed by atoms with van der Waals surface area (Å²) in [5.41, 5.74) is 6.37. The molecule has 0 bridgehead atoms. The van der Waals surface area contributed by atoms with Crippen molar-refractivity contribution in [1.29, 1.82) is 0 Å². The SMILES string of the molecule is NCC#Cc1ccc(C(=O)Nc2cc(F)cc(Cl)c2)nc1. The van der Waals surface area contributed by atoms with Gasteiger partial charge in [0.15, 0.2) is 0 Å². The van der Waals surface area contributed by atoms with Crippen molar-refractivity contribution >= 4 is 23.2 Å². The molecule has 0 fully saturated rings. The number of amides is 1. The van der Waals surface area contributed by atoms with E-state index in [9.17, 15) is 9.18 Å². The zero-order chi connectivity index (χ0) is 15.2. The van der Waals surface area contributed by atoms with E-state index >= 15 is 0 Å². The molecule has 1 amide bonds. The Bertz CT molecular complexity index is 700. The number of aromatic nitrogens is 1. The first-order valence-corrected chi connectivity index (χ1v) is 6.39. The van der Waals surface area contributed by atoms with E-state index < -0.39 is 11.7 Å². The van der Waals surface area contributed by atoms with Crippen LogP contribution in [-0.4, -0.2) is 17.4 Å². The molecule has 1 aromatic carbocycles. The third-order valence-electron chi connectivity index (χ3n) is 2.45.